The SMILES string of the molecule is CCNc1cc(C(=O)N[C@@H](Cc2ccccc2)[C@@H](O)CNCCc2ccccc2C)cc(N2CCCCS2(O)O)c1.Cl. The van der Waals surface area contributed by atoms with E-state index >= 15 is 0 Å². The van der Waals surface area contributed by atoms with Crippen LogP contribution in [0, 0.1) is 6.92 Å². The molecule has 0 aliphatic carbocycles. The van der Waals surface area contributed by atoms with E-state index in [4.69, 9.17) is 0 Å². The number of carbonyl (C=O) groups excluding carboxylic acids is 1. The molecule has 1 amide bonds. The summed E-state index contributed by atoms with van der Waals surface area (Å²) in [5.74, 6) is 0.00156. The van der Waals surface area contributed by atoms with Gasteiger partial charge >= 0.3 is 0 Å². The highest BCUT2D eigenvalue weighted by atomic mass is 35.5. The number of nitrogens with one attached hydrogen (secondary N) is 3. The first-order valence-electron chi connectivity index (χ1n) is 14.5. The van der Waals surface area contributed by atoms with Gasteiger partial charge in [0.1, 0.15) is 0 Å². The number of nitrogens with zero attached hydrogens (tertiary/aromatic N) is 1. The van der Waals surface area contributed by atoms with Crippen LogP contribution in [0.15, 0.2) is 72.8 Å². The van der Waals surface area contributed by atoms with Crippen molar-refractivity contribution < 1.29 is 19.0 Å². The largest absolute Gasteiger partial charge is 0.390 e. The monoisotopic (exact) mass is 616 g/mol. The molecule has 1 aliphatic heterocycles. The van der Waals surface area contributed by atoms with E-state index in [9.17, 15) is 19.0 Å². The summed E-state index contributed by atoms with van der Waals surface area (Å²) in [4.78, 5) is 13.6. The third-order valence-electron chi connectivity index (χ3n) is 7.50. The van der Waals surface area contributed by atoms with Crippen molar-refractivity contribution in [1.29, 1.82) is 0 Å². The number of aryl methyl sites for hydroxylation is 1. The molecule has 0 radical (unpaired) electrons. The minimum Gasteiger partial charge on any atom is -0.390 e. The second kappa shape index (κ2) is 16.2. The van der Waals surface area contributed by atoms with Crippen LogP contribution < -0.4 is 20.3 Å². The first kappa shape index (κ1) is 33.7. The minimum atomic E-state index is -2.94. The molecule has 0 aromatic heterocycles. The third kappa shape index (κ3) is 9.36. The molecule has 8 nitrogen and oxygen atoms in total. The Morgan fingerprint density at radius 1 is 1.02 bits per heavy atom. The molecule has 0 spiro atoms. The van der Waals surface area contributed by atoms with Crippen LogP contribution in [0.3, 0.4) is 0 Å². The van der Waals surface area contributed by atoms with Crippen molar-refractivity contribution in [3.05, 3.63) is 95.1 Å². The van der Waals surface area contributed by atoms with Crippen LogP contribution >= 0.6 is 23.2 Å². The Bertz CT molecular complexity index is 1280. The molecular formula is C32H45ClN4O4S. The normalized spacial score (nSPS) is 16.5. The van der Waals surface area contributed by atoms with Crippen molar-refractivity contribution in [1.82, 2.24) is 10.6 Å². The van der Waals surface area contributed by atoms with Gasteiger partial charge in [-0.1, -0.05) is 54.6 Å². The molecule has 42 heavy (non-hydrogen) atoms. The Balaban J connectivity index is 0.00000484. The molecule has 0 unspecified atom stereocenters. The number of amides is 1. The number of rotatable bonds is 13. The van der Waals surface area contributed by atoms with Crippen LogP contribution in [0.4, 0.5) is 11.4 Å². The van der Waals surface area contributed by atoms with Crippen LogP contribution in [0.1, 0.15) is 46.8 Å². The Morgan fingerprint density at radius 2 is 1.76 bits per heavy atom. The van der Waals surface area contributed by atoms with Crippen molar-refractivity contribution in [3.8, 4) is 0 Å². The Kier molecular flexibility index (Phi) is 13.0. The predicted octanol–water partition coefficient (Wildman–Crippen LogP) is 5.65. The molecule has 230 valence electrons. The van der Waals surface area contributed by atoms with Gasteiger partial charge in [0.25, 0.3) is 5.91 Å². The second-order valence-corrected chi connectivity index (χ2v) is 12.8. The predicted molar refractivity (Wildman–Crippen MR) is 177 cm³/mol. The molecule has 1 saturated heterocycles. The van der Waals surface area contributed by atoms with Crippen molar-refractivity contribution in [3.63, 3.8) is 0 Å². The first-order valence-corrected chi connectivity index (χ1v) is 16.1. The van der Waals surface area contributed by atoms with Crippen molar-refractivity contribution in [2.45, 2.75) is 51.7 Å². The van der Waals surface area contributed by atoms with Crippen molar-refractivity contribution in [2.75, 3.05) is 41.6 Å². The topological polar surface area (TPSA) is 117 Å². The molecule has 3 aromatic carbocycles. The summed E-state index contributed by atoms with van der Waals surface area (Å²) < 4.78 is 23.1. The Hall–Kier alpha value is -2.79. The Labute approximate surface area is 257 Å². The van der Waals surface area contributed by atoms with E-state index in [2.05, 4.69) is 35.0 Å². The summed E-state index contributed by atoms with van der Waals surface area (Å²) in [6, 6.07) is 22.9. The number of hydrogen-bond acceptors (Lipinski definition) is 7. The van der Waals surface area contributed by atoms with Gasteiger partial charge in [0.15, 0.2) is 0 Å². The molecule has 1 fully saturated rings. The molecule has 2 atom stereocenters. The zero-order valence-electron chi connectivity index (χ0n) is 24.5. The quantitative estimate of drug-likeness (QED) is 0.137. The van der Waals surface area contributed by atoms with Gasteiger partial charge in [0, 0.05) is 30.9 Å². The fourth-order valence-electron chi connectivity index (χ4n) is 5.21. The zero-order valence-corrected chi connectivity index (χ0v) is 26.1. The lowest BCUT2D eigenvalue weighted by molar-refractivity contribution is 0.0831. The van der Waals surface area contributed by atoms with Crippen LogP contribution in [0.2, 0.25) is 0 Å². The summed E-state index contributed by atoms with van der Waals surface area (Å²) in [7, 11) is -2.94. The number of hydrogen-bond donors (Lipinski definition) is 6. The van der Waals surface area contributed by atoms with Gasteiger partial charge in [-0.15, -0.1) is 23.2 Å². The van der Waals surface area contributed by atoms with E-state index < -0.39 is 22.9 Å². The first-order chi connectivity index (χ1) is 19.8. The van der Waals surface area contributed by atoms with Gasteiger partial charge in [-0.05, 0) is 81.0 Å². The molecule has 1 aliphatic rings. The summed E-state index contributed by atoms with van der Waals surface area (Å²) in [5, 5.41) is 20.9. The third-order valence-corrected chi connectivity index (χ3v) is 9.43. The maximum atomic E-state index is 13.6. The number of aliphatic hydroxyl groups is 1. The molecule has 0 bridgehead atoms. The zero-order chi connectivity index (χ0) is 29.2. The molecule has 10 heteroatoms. The Morgan fingerprint density at radius 3 is 2.48 bits per heavy atom. The summed E-state index contributed by atoms with van der Waals surface area (Å²) in [5.41, 5.74) is 5.26. The number of carbonyl (C=O) groups is 1. The molecule has 3 aromatic rings. The highest BCUT2D eigenvalue weighted by Gasteiger charge is 2.28. The maximum Gasteiger partial charge on any atom is 0.251 e. The number of benzene rings is 3. The highest BCUT2D eigenvalue weighted by Crippen LogP contribution is 2.50. The average molecular weight is 617 g/mol. The maximum absolute atomic E-state index is 13.6. The number of halogens is 1. The van der Waals surface area contributed by atoms with Crippen LogP contribution in [-0.4, -0.2) is 64.2 Å². The molecule has 6 N–H and O–H groups in total. The van der Waals surface area contributed by atoms with Gasteiger partial charge in [-0.2, -0.15) is 0 Å². The van der Waals surface area contributed by atoms with Gasteiger partial charge in [0.05, 0.1) is 23.6 Å². The van der Waals surface area contributed by atoms with Crippen LogP contribution in [0.5, 0.6) is 0 Å². The molecule has 0 saturated carbocycles. The lowest BCUT2D eigenvalue weighted by atomic mass is 10.00. The molecule has 4 rings (SSSR count). The van der Waals surface area contributed by atoms with Gasteiger partial charge in [-0.3, -0.25) is 18.2 Å². The smallest absolute Gasteiger partial charge is 0.251 e. The highest BCUT2D eigenvalue weighted by molar-refractivity contribution is 8.25. The van der Waals surface area contributed by atoms with Gasteiger partial charge in [0.2, 0.25) is 0 Å². The fourth-order valence-corrected chi connectivity index (χ4v) is 6.88. The van der Waals surface area contributed by atoms with Gasteiger partial charge in [-0.25, -0.2) is 0 Å². The van der Waals surface area contributed by atoms with Crippen molar-refractivity contribution >= 4 is 40.5 Å². The van der Waals surface area contributed by atoms with Crippen LogP contribution in [-0.2, 0) is 12.8 Å². The lowest BCUT2D eigenvalue weighted by Gasteiger charge is -2.47. The van der Waals surface area contributed by atoms with E-state index in [1.165, 1.54) is 11.1 Å². The van der Waals surface area contributed by atoms with E-state index in [0.29, 0.717) is 49.6 Å². The number of anilines is 2. The van der Waals surface area contributed by atoms with E-state index in [1.54, 1.807) is 16.4 Å². The molecular weight excluding hydrogens is 572 g/mol. The van der Waals surface area contributed by atoms with E-state index in [1.807, 2.05) is 55.5 Å². The number of aliphatic hydroxyl groups excluding tert-OH is 1. The van der Waals surface area contributed by atoms with Crippen molar-refractivity contribution in [2.24, 2.45) is 0 Å². The van der Waals surface area contributed by atoms with Crippen LogP contribution in [0.25, 0.3) is 0 Å². The lowest BCUT2D eigenvalue weighted by Crippen LogP contribution is -2.49. The summed E-state index contributed by atoms with van der Waals surface area (Å²) in [6.07, 6.45) is 2.12. The summed E-state index contributed by atoms with van der Waals surface area (Å²) in [6.45, 7) is 6.29. The van der Waals surface area contributed by atoms with E-state index in [0.717, 1.165) is 30.5 Å². The summed E-state index contributed by atoms with van der Waals surface area (Å²) >= 11 is 0. The van der Waals surface area contributed by atoms with E-state index in [-0.39, 0.29) is 18.3 Å². The average Bonchev–Trinajstić information content (AvgIpc) is 2.96. The standard InChI is InChI=1S/C32H44N4O4S.ClH/c1-3-34-28-20-27(21-29(22-28)36-17-9-10-18-41(36,39)40)32(38)35-30(19-25-12-5-4-6-13-25)31(37)23-33-16-15-26-14-8-7-11-24(26)2;/h4-8,11-14,20-22,30-31,33-34,37,39-40H,3,9-10,15-19,23H2,1-2H3,(H,35,38);1H/t30-,31-;/m0./s1. The fraction of sp³-hybridized carbons (Fsp3) is 0.406. The van der Waals surface area contributed by atoms with Gasteiger partial charge < -0.3 is 21.1 Å². The molecule has 1 heterocycles. The minimum absolute atomic E-state index is 0. The second-order valence-electron chi connectivity index (χ2n) is 10.7.